The first-order chi connectivity index (χ1) is 12.9. The Kier molecular flexibility index (Phi) is 5.35. The molecule has 0 unspecified atom stereocenters. The number of nitrogens with one attached hydrogen (secondary N) is 2. The zero-order valence-electron chi connectivity index (χ0n) is 15.5. The average Bonchev–Trinajstić information content (AvgIpc) is 3.16. The molecule has 1 aromatic carbocycles. The molecule has 2 aromatic heterocycles. The summed E-state index contributed by atoms with van der Waals surface area (Å²) in [6.45, 7) is 6.18. The first kappa shape index (κ1) is 18.4. The molecule has 0 spiro atoms. The maximum atomic E-state index is 12.6. The van der Waals surface area contributed by atoms with E-state index >= 15 is 0 Å². The van der Waals surface area contributed by atoms with Gasteiger partial charge in [0.05, 0.1) is 23.9 Å². The predicted molar refractivity (Wildman–Crippen MR) is 103 cm³/mol. The van der Waals surface area contributed by atoms with Gasteiger partial charge in [-0.1, -0.05) is 17.7 Å². The van der Waals surface area contributed by atoms with Crippen LogP contribution in [0.25, 0.3) is 0 Å². The van der Waals surface area contributed by atoms with Crippen LogP contribution in [0.15, 0.2) is 53.4 Å². The number of aromatic nitrogens is 1. The zero-order chi connectivity index (χ0) is 19.4. The number of rotatable bonds is 5. The van der Waals surface area contributed by atoms with Gasteiger partial charge in [-0.25, -0.2) is 0 Å². The quantitative estimate of drug-likeness (QED) is 0.722. The molecule has 3 rings (SSSR count). The third kappa shape index (κ3) is 4.41. The Morgan fingerprint density at radius 1 is 1.00 bits per heavy atom. The van der Waals surface area contributed by atoms with E-state index in [0.717, 1.165) is 22.4 Å². The van der Waals surface area contributed by atoms with Crippen molar-refractivity contribution in [2.45, 2.75) is 27.3 Å². The molecule has 6 heteroatoms. The van der Waals surface area contributed by atoms with Crippen molar-refractivity contribution in [3.63, 3.8) is 0 Å². The van der Waals surface area contributed by atoms with E-state index in [1.165, 1.54) is 18.5 Å². The van der Waals surface area contributed by atoms with Gasteiger partial charge in [0.1, 0.15) is 5.76 Å². The molecule has 0 aliphatic carbocycles. The molecule has 2 N–H and O–H groups in total. The minimum atomic E-state index is -0.323. The van der Waals surface area contributed by atoms with E-state index in [2.05, 4.69) is 15.6 Å². The summed E-state index contributed by atoms with van der Waals surface area (Å²) >= 11 is 0. The third-order valence-corrected chi connectivity index (χ3v) is 4.18. The molecule has 2 heterocycles. The van der Waals surface area contributed by atoms with Crippen LogP contribution in [0, 0.1) is 20.8 Å². The maximum absolute atomic E-state index is 12.6. The first-order valence-corrected chi connectivity index (χ1v) is 8.59. The number of carbonyl (C=O) groups excluding carboxylic acids is 2. The summed E-state index contributed by atoms with van der Waals surface area (Å²) < 4.78 is 5.18. The standard InChI is InChI=1S/C21H21N3O3/c1-13-7-14(2)19(15(3)8-13)24-21(26)17-9-16(10-22-11-17)20(25)23-12-18-5-4-6-27-18/h4-11H,12H2,1-3H3,(H,23,25)(H,24,26). The number of furan rings is 1. The van der Waals surface area contributed by atoms with Crippen molar-refractivity contribution in [3.05, 3.63) is 82.6 Å². The van der Waals surface area contributed by atoms with Crippen LogP contribution in [-0.4, -0.2) is 16.8 Å². The van der Waals surface area contributed by atoms with E-state index in [0.29, 0.717) is 16.9 Å². The van der Waals surface area contributed by atoms with Crippen molar-refractivity contribution < 1.29 is 14.0 Å². The van der Waals surface area contributed by atoms with Gasteiger partial charge in [0.25, 0.3) is 11.8 Å². The molecular weight excluding hydrogens is 342 g/mol. The third-order valence-electron chi connectivity index (χ3n) is 4.18. The zero-order valence-corrected chi connectivity index (χ0v) is 15.5. The normalized spacial score (nSPS) is 10.5. The van der Waals surface area contributed by atoms with Gasteiger partial charge >= 0.3 is 0 Å². The predicted octanol–water partition coefficient (Wildman–Crippen LogP) is 3.78. The van der Waals surface area contributed by atoms with E-state index in [9.17, 15) is 9.59 Å². The lowest BCUT2D eigenvalue weighted by Crippen LogP contribution is -2.23. The van der Waals surface area contributed by atoms with Gasteiger partial charge < -0.3 is 15.1 Å². The molecule has 3 aromatic rings. The highest BCUT2D eigenvalue weighted by Gasteiger charge is 2.14. The number of amides is 2. The van der Waals surface area contributed by atoms with Crippen LogP contribution in [0.5, 0.6) is 0 Å². The minimum absolute atomic E-state index is 0.268. The molecule has 0 bridgehead atoms. The molecule has 0 aliphatic rings. The number of pyridine rings is 1. The van der Waals surface area contributed by atoms with E-state index < -0.39 is 0 Å². The van der Waals surface area contributed by atoms with Crippen LogP contribution < -0.4 is 10.6 Å². The second-order valence-electron chi connectivity index (χ2n) is 6.45. The van der Waals surface area contributed by atoms with Gasteiger partial charge in [0, 0.05) is 18.1 Å². The van der Waals surface area contributed by atoms with E-state index in [1.54, 1.807) is 18.4 Å². The fourth-order valence-corrected chi connectivity index (χ4v) is 2.93. The molecular formula is C21H21N3O3. The largest absolute Gasteiger partial charge is 0.467 e. The van der Waals surface area contributed by atoms with Crippen molar-refractivity contribution in [3.8, 4) is 0 Å². The van der Waals surface area contributed by atoms with Crippen molar-refractivity contribution in [1.82, 2.24) is 10.3 Å². The number of hydrogen-bond donors (Lipinski definition) is 2. The van der Waals surface area contributed by atoms with Crippen molar-refractivity contribution in [2.75, 3.05) is 5.32 Å². The second-order valence-corrected chi connectivity index (χ2v) is 6.45. The Bertz CT molecular complexity index is 955. The summed E-state index contributed by atoms with van der Waals surface area (Å²) in [7, 11) is 0. The molecule has 138 valence electrons. The molecule has 0 saturated carbocycles. The lowest BCUT2D eigenvalue weighted by Gasteiger charge is -2.13. The lowest BCUT2D eigenvalue weighted by atomic mass is 10.0. The lowest BCUT2D eigenvalue weighted by molar-refractivity contribution is 0.0947. The molecule has 0 radical (unpaired) electrons. The van der Waals surface area contributed by atoms with Gasteiger partial charge in [-0.3, -0.25) is 14.6 Å². The highest BCUT2D eigenvalue weighted by molar-refractivity contribution is 6.06. The number of nitrogens with zero attached hydrogens (tertiary/aromatic N) is 1. The number of hydrogen-bond acceptors (Lipinski definition) is 4. The van der Waals surface area contributed by atoms with Gasteiger partial charge in [-0.15, -0.1) is 0 Å². The molecule has 0 aliphatic heterocycles. The summed E-state index contributed by atoms with van der Waals surface area (Å²) in [6, 6.07) is 9.08. The number of benzene rings is 1. The SMILES string of the molecule is Cc1cc(C)c(NC(=O)c2cncc(C(=O)NCc3ccco3)c2)c(C)c1. The maximum Gasteiger partial charge on any atom is 0.257 e. The van der Waals surface area contributed by atoms with Crippen LogP contribution in [0.4, 0.5) is 5.69 Å². The Morgan fingerprint density at radius 3 is 2.30 bits per heavy atom. The van der Waals surface area contributed by atoms with Gasteiger partial charge in [0.15, 0.2) is 0 Å². The highest BCUT2D eigenvalue weighted by Crippen LogP contribution is 2.22. The Morgan fingerprint density at radius 2 is 1.67 bits per heavy atom. The average molecular weight is 363 g/mol. The fourth-order valence-electron chi connectivity index (χ4n) is 2.93. The summed E-state index contributed by atoms with van der Waals surface area (Å²) in [5.41, 5.74) is 4.52. The van der Waals surface area contributed by atoms with E-state index in [1.807, 2.05) is 32.9 Å². The second kappa shape index (κ2) is 7.86. The van der Waals surface area contributed by atoms with Crippen LogP contribution in [0.1, 0.15) is 43.2 Å². The summed E-state index contributed by atoms with van der Waals surface area (Å²) in [5, 5.41) is 5.65. The Labute approximate surface area is 157 Å². The molecule has 2 amide bonds. The van der Waals surface area contributed by atoms with Gasteiger partial charge in [-0.05, 0) is 50.1 Å². The van der Waals surface area contributed by atoms with Crippen LogP contribution in [-0.2, 0) is 6.54 Å². The van der Waals surface area contributed by atoms with Crippen molar-refractivity contribution >= 4 is 17.5 Å². The first-order valence-electron chi connectivity index (χ1n) is 8.59. The highest BCUT2D eigenvalue weighted by atomic mass is 16.3. The van der Waals surface area contributed by atoms with Crippen LogP contribution >= 0.6 is 0 Å². The molecule has 0 saturated heterocycles. The summed E-state index contributed by atoms with van der Waals surface area (Å²) in [6.07, 6.45) is 4.41. The smallest absolute Gasteiger partial charge is 0.257 e. The molecule has 0 atom stereocenters. The minimum Gasteiger partial charge on any atom is -0.467 e. The van der Waals surface area contributed by atoms with Crippen molar-refractivity contribution in [1.29, 1.82) is 0 Å². The molecule has 6 nitrogen and oxygen atoms in total. The van der Waals surface area contributed by atoms with Crippen LogP contribution in [0.2, 0.25) is 0 Å². The number of anilines is 1. The van der Waals surface area contributed by atoms with Crippen molar-refractivity contribution in [2.24, 2.45) is 0 Å². The Balaban J connectivity index is 1.73. The topological polar surface area (TPSA) is 84.2 Å². The number of carbonyl (C=O) groups is 2. The summed E-state index contributed by atoms with van der Waals surface area (Å²) in [5.74, 6) is 0.0185. The summed E-state index contributed by atoms with van der Waals surface area (Å²) in [4.78, 5) is 28.9. The number of aryl methyl sites for hydroxylation is 3. The van der Waals surface area contributed by atoms with Gasteiger partial charge in [-0.2, -0.15) is 0 Å². The monoisotopic (exact) mass is 363 g/mol. The fraction of sp³-hybridized carbons (Fsp3) is 0.190. The molecule has 27 heavy (non-hydrogen) atoms. The van der Waals surface area contributed by atoms with E-state index in [-0.39, 0.29) is 18.4 Å². The molecule has 0 fully saturated rings. The van der Waals surface area contributed by atoms with E-state index in [4.69, 9.17) is 4.42 Å². The Hall–Kier alpha value is -3.41. The van der Waals surface area contributed by atoms with Gasteiger partial charge in [0.2, 0.25) is 0 Å². The van der Waals surface area contributed by atoms with Crippen LogP contribution in [0.3, 0.4) is 0 Å².